The average molecular weight is 254 g/mol. The highest BCUT2D eigenvalue weighted by molar-refractivity contribution is 8.00. The molecule has 1 saturated carbocycles. The van der Waals surface area contributed by atoms with E-state index >= 15 is 0 Å². The first kappa shape index (κ1) is 14.4. The van der Waals surface area contributed by atoms with Crippen LogP contribution in [0.1, 0.15) is 46.5 Å². The first-order chi connectivity index (χ1) is 7.98. The zero-order valence-corrected chi connectivity index (χ0v) is 11.8. The molecule has 1 atom stereocenters. The molecule has 0 aliphatic heterocycles. The minimum Gasteiger partial charge on any atom is -0.337 e. The van der Waals surface area contributed by atoms with Gasteiger partial charge in [-0.3, -0.25) is 4.79 Å². The second-order valence-corrected chi connectivity index (χ2v) is 6.52. The summed E-state index contributed by atoms with van der Waals surface area (Å²) in [6.07, 6.45) is 5.05. The minimum atomic E-state index is -0.743. The normalized spacial score (nSPS) is 19.9. The fourth-order valence-corrected chi connectivity index (χ4v) is 3.00. The van der Waals surface area contributed by atoms with Crippen molar-refractivity contribution in [2.45, 2.75) is 57.2 Å². The van der Waals surface area contributed by atoms with Crippen LogP contribution in [-0.2, 0) is 4.79 Å². The summed E-state index contributed by atoms with van der Waals surface area (Å²) in [6, 6.07) is 2.20. The molecule has 0 aromatic rings. The van der Waals surface area contributed by atoms with Crippen LogP contribution in [0.3, 0.4) is 0 Å². The first-order valence-electron chi connectivity index (χ1n) is 6.32. The van der Waals surface area contributed by atoms with Gasteiger partial charge in [-0.2, -0.15) is 5.26 Å². The summed E-state index contributed by atoms with van der Waals surface area (Å²) in [5, 5.41) is 12.6. The third-order valence-electron chi connectivity index (χ3n) is 3.54. The Morgan fingerprint density at radius 3 is 2.59 bits per heavy atom. The van der Waals surface area contributed by atoms with E-state index in [0.717, 1.165) is 0 Å². The number of carbonyl (C=O) groups is 1. The van der Waals surface area contributed by atoms with Crippen molar-refractivity contribution in [2.24, 2.45) is 5.92 Å². The number of rotatable bonds is 5. The highest BCUT2D eigenvalue weighted by Gasteiger charge is 2.30. The fourth-order valence-electron chi connectivity index (χ4n) is 1.88. The molecule has 4 heteroatoms. The van der Waals surface area contributed by atoms with E-state index in [9.17, 15) is 4.79 Å². The molecule has 1 aliphatic carbocycles. The van der Waals surface area contributed by atoms with Crippen molar-refractivity contribution in [3.05, 3.63) is 0 Å². The van der Waals surface area contributed by atoms with Crippen LogP contribution in [0.4, 0.5) is 0 Å². The zero-order valence-electron chi connectivity index (χ0n) is 11.0. The Bertz CT molecular complexity index is 305. The van der Waals surface area contributed by atoms with E-state index in [0.29, 0.717) is 11.0 Å². The molecule has 1 amide bonds. The fraction of sp³-hybridized carbons (Fsp3) is 0.846. The van der Waals surface area contributed by atoms with E-state index in [-0.39, 0.29) is 11.8 Å². The van der Waals surface area contributed by atoms with Crippen LogP contribution in [-0.4, -0.2) is 22.4 Å². The Morgan fingerprint density at radius 2 is 2.12 bits per heavy atom. The van der Waals surface area contributed by atoms with Crippen LogP contribution in [0.25, 0.3) is 0 Å². The summed E-state index contributed by atoms with van der Waals surface area (Å²) >= 11 is 1.73. The number of hydrogen-bond donors (Lipinski definition) is 1. The van der Waals surface area contributed by atoms with Gasteiger partial charge in [0.15, 0.2) is 0 Å². The lowest BCUT2D eigenvalue weighted by molar-refractivity contribution is -0.120. The van der Waals surface area contributed by atoms with Gasteiger partial charge in [0.1, 0.15) is 5.54 Å². The molecule has 1 N–H and O–H groups in total. The number of carbonyl (C=O) groups excluding carboxylic acids is 1. The molecule has 1 fully saturated rings. The van der Waals surface area contributed by atoms with Gasteiger partial charge in [0.2, 0.25) is 5.91 Å². The summed E-state index contributed by atoms with van der Waals surface area (Å²) in [5.41, 5.74) is -0.743. The van der Waals surface area contributed by atoms with Gasteiger partial charge >= 0.3 is 0 Å². The standard InChI is InChI=1S/C13H22N2OS/c1-10(2)13(3,9-14)15-12(16)8-17-11-6-4-5-7-11/h10-11H,4-8H2,1-3H3,(H,15,16). The Kier molecular flexibility index (Phi) is 5.32. The molecule has 0 radical (unpaired) electrons. The molecular weight excluding hydrogens is 232 g/mol. The summed E-state index contributed by atoms with van der Waals surface area (Å²) in [6.45, 7) is 5.69. The molecule has 96 valence electrons. The van der Waals surface area contributed by atoms with Crippen molar-refractivity contribution >= 4 is 17.7 Å². The van der Waals surface area contributed by atoms with Crippen LogP contribution >= 0.6 is 11.8 Å². The van der Waals surface area contributed by atoms with Crippen LogP contribution in [0, 0.1) is 17.2 Å². The van der Waals surface area contributed by atoms with E-state index in [1.807, 2.05) is 13.8 Å². The van der Waals surface area contributed by atoms with Gasteiger partial charge in [-0.1, -0.05) is 26.7 Å². The SMILES string of the molecule is CC(C)C(C)(C#N)NC(=O)CSC1CCCC1. The second-order valence-electron chi connectivity index (χ2n) is 5.23. The summed E-state index contributed by atoms with van der Waals surface area (Å²) in [7, 11) is 0. The summed E-state index contributed by atoms with van der Waals surface area (Å²) in [5.74, 6) is 0.585. The van der Waals surface area contributed by atoms with Crippen molar-refractivity contribution in [3.63, 3.8) is 0 Å². The lowest BCUT2D eigenvalue weighted by Gasteiger charge is -2.27. The number of thioether (sulfide) groups is 1. The van der Waals surface area contributed by atoms with E-state index in [1.54, 1.807) is 18.7 Å². The number of nitrogens with one attached hydrogen (secondary N) is 1. The van der Waals surface area contributed by atoms with Gasteiger partial charge in [0.25, 0.3) is 0 Å². The molecule has 0 saturated heterocycles. The molecule has 0 aromatic carbocycles. The minimum absolute atomic E-state index is 0.0142. The smallest absolute Gasteiger partial charge is 0.231 e. The molecule has 3 nitrogen and oxygen atoms in total. The zero-order chi connectivity index (χ0) is 12.9. The van der Waals surface area contributed by atoms with Gasteiger partial charge in [-0.25, -0.2) is 0 Å². The summed E-state index contributed by atoms with van der Waals surface area (Å²) in [4.78, 5) is 11.8. The van der Waals surface area contributed by atoms with Crippen molar-refractivity contribution in [3.8, 4) is 6.07 Å². The lowest BCUT2D eigenvalue weighted by atomic mass is 9.90. The number of amides is 1. The van der Waals surface area contributed by atoms with Crippen molar-refractivity contribution < 1.29 is 4.79 Å². The molecule has 0 bridgehead atoms. The van der Waals surface area contributed by atoms with E-state index < -0.39 is 5.54 Å². The van der Waals surface area contributed by atoms with Gasteiger partial charge in [-0.15, -0.1) is 11.8 Å². The highest BCUT2D eigenvalue weighted by atomic mass is 32.2. The van der Waals surface area contributed by atoms with E-state index in [4.69, 9.17) is 5.26 Å². The quantitative estimate of drug-likeness (QED) is 0.820. The third kappa shape index (κ3) is 4.23. The topological polar surface area (TPSA) is 52.9 Å². The van der Waals surface area contributed by atoms with Crippen LogP contribution in [0.5, 0.6) is 0 Å². The third-order valence-corrected chi connectivity index (χ3v) is 4.91. The largest absolute Gasteiger partial charge is 0.337 e. The van der Waals surface area contributed by atoms with E-state index in [1.165, 1.54) is 25.7 Å². The number of hydrogen-bond acceptors (Lipinski definition) is 3. The molecule has 0 spiro atoms. The predicted octanol–water partition coefficient (Wildman–Crippen LogP) is 2.72. The predicted molar refractivity (Wildman–Crippen MR) is 71.7 cm³/mol. The average Bonchev–Trinajstić information content (AvgIpc) is 2.78. The highest BCUT2D eigenvalue weighted by Crippen LogP contribution is 2.29. The van der Waals surface area contributed by atoms with Crippen molar-refractivity contribution in [1.29, 1.82) is 5.26 Å². The van der Waals surface area contributed by atoms with Crippen LogP contribution in [0.15, 0.2) is 0 Å². The number of nitrogens with zero attached hydrogens (tertiary/aromatic N) is 1. The van der Waals surface area contributed by atoms with Gasteiger partial charge in [-0.05, 0) is 25.7 Å². The molecule has 1 unspecified atom stereocenters. The lowest BCUT2D eigenvalue weighted by Crippen LogP contribution is -2.49. The maximum Gasteiger partial charge on any atom is 0.231 e. The van der Waals surface area contributed by atoms with Gasteiger partial charge < -0.3 is 5.32 Å². The molecular formula is C13H22N2OS. The molecule has 0 aromatic heterocycles. The molecule has 17 heavy (non-hydrogen) atoms. The molecule has 1 rings (SSSR count). The molecule has 0 heterocycles. The van der Waals surface area contributed by atoms with Crippen molar-refractivity contribution in [2.75, 3.05) is 5.75 Å². The Balaban J connectivity index is 2.35. The molecule has 1 aliphatic rings. The first-order valence-corrected chi connectivity index (χ1v) is 7.36. The Morgan fingerprint density at radius 1 is 1.53 bits per heavy atom. The number of nitriles is 1. The maximum atomic E-state index is 11.8. The van der Waals surface area contributed by atoms with Crippen LogP contribution < -0.4 is 5.32 Å². The van der Waals surface area contributed by atoms with Gasteiger partial charge in [0.05, 0.1) is 11.8 Å². The Labute approximate surface area is 108 Å². The van der Waals surface area contributed by atoms with E-state index in [2.05, 4.69) is 11.4 Å². The second kappa shape index (κ2) is 6.30. The summed E-state index contributed by atoms with van der Waals surface area (Å²) < 4.78 is 0. The van der Waals surface area contributed by atoms with Crippen LogP contribution in [0.2, 0.25) is 0 Å². The monoisotopic (exact) mass is 254 g/mol. The van der Waals surface area contributed by atoms with Crippen molar-refractivity contribution in [1.82, 2.24) is 5.32 Å². The van der Waals surface area contributed by atoms with Gasteiger partial charge in [0, 0.05) is 5.25 Å². The Hall–Kier alpha value is -0.690. The maximum absolute atomic E-state index is 11.8.